The fourth-order valence-corrected chi connectivity index (χ4v) is 3.06. The Hall–Kier alpha value is -2.81. The van der Waals surface area contributed by atoms with E-state index in [0.29, 0.717) is 28.6 Å². The highest BCUT2D eigenvalue weighted by Gasteiger charge is 2.13. The van der Waals surface area contributed by atoms with Crippen molar-refractivity contribution >= 4 is 23.6 Å². The predicted octanol–water partition coefficient (Wildman–Crippen LogP) is 2.23. The molecule has 1 heterocycles. The monoisotopic (exact) mass is 404 g/mol. The lowest BCUT2D eigenvalue weighted by atomic mass is 10.1. The molecule has 28 heavy (non-hydrogen) atoms. The number of rotatable bonds is 7. The molecule has 8 nitrogen and oxygen atoms in total. The molecule has 0 radical (unpaired) electrons. The Bertz CT molecular complexity index is 828. The van der Waals surface area contributed by atoms with Gasteiger partial charge in [0.05, 0.1) is 14.2 Å². The zero-order valence-electron chi connectivity index (χ0n) is 16.6. The minimum absolute atomic E-state index is 0.200. The zero-order valence-corrected chi connectivity index (χ0v) is 17.4. The lowest BCUT2D eigenvalue weighted by molar-refractivity contribution is -0.121. The summed E-state index contributed by atoms with van der Waals surface area (Å²) in [4.78, 5) is 33.2. The number of hydrogen-bond donors (Lipinski definition) is 2. The first-order valence-corrected chi connectivity index (χ1v) is 9.80. The Morgan fingerprint density at radius 3 is 2.07 bits per heavy atom. The van der Waals surface area contributed by atoms with Gasteiger partial charge in [0.2, 0.25) is 5.91 Å². The normalized spacial score (nSPS) is 10.3. The number of carbonyl (C=O) groups is 2. The van der Waals surface area contributed by atoms with Gasteiger partial charge in [-0.1, -0.05) is 11.8 Å². The van der Waals surface area contributed by atoms with E-state index in [0.717, 1.165) is 17.0 Å². The average molecular weight is 404 g/mol. The summed E-state index contributed by atoms with van der Waals surface area (Å²) in [7, 11) is 3.00. The number of nitrogens with one attached hydrogen (secondary N) is 2. The van der Waals surface area contributed by atoms with Crippen LogP contribution >= 0.6 is 11.8 Å². The first-order valence-electron chi connectivity index (χ1n) is 8.58. The maximum atomic E-state index is 12.3. The Morgan fingerprint density at radius 2 is 1.57 bits per heavy atom. The Labute approximate surface area is 168 Å². The minimum atomic E-state index is -0.467. The van der Waals surface area contributed by atoms with Crippen molar-refractivity contribution in [2.24, 2.45) is 0 Å². The molecule has 9 heteroatoms. The van der Waals surface area contributed by atoms with Crippen LogP contribution in [0.5, 0.6) is 11.5 Å². The minimum Gasteiger partial charge on any atom is -0.497 e. The van der Waals surface area contributed by atoms with Crippen LogP contribution in [0.4, 0.5) is 0 Å². The third kappa shape index (κ3) is 5.59. The van der Waals surface area contributed by atoms with Gasteiger partial charge in [-0.2, -0.15) is 0 Å². The van der Waals surface area contributed by atoms with Crippen molar-refractivity contribution in [3.8, 4) is 11.5 Å². The first kappa shape index (κ1) is 21.5. The summed E-state index contributed by atoms with van der Waals surface area (Å²) in [5.74, 6) is 0.187. The number of nitrogens with zero attached hydrogens (tertiary/aromatic N) is 2. The third-order valence-electron chi connectivity index (χ3n) is 4.11. The van der Waals surface area contributed by atoms with Crippen LogP contribution in [0.2, 0.25) is 0 Å². The van der Waals surface area contributed by atoms with Gasteiger partial charge in [0.15, 0.2) is 5.16 Å². The van der Waals surface area contributed by atoms with E-state index in [9.17, 15) is 9.59 Å². The van der Waals surface area contributed by atoms with E-state index >= 15 is 0 Å². The van der Waals surface area contributed by atoms with Crippen LogP contribution in [-0.4, -0.2) is 42.3 Å². The molecule has 2 N–H and O–H groups in total. The van der Waals surface area contributed by atoms with E-state index in [2.05, 4.69) is 20.8 Å². The summed E-state index contributed by atoms with van der Waals surface area (Å²) in [5.41, 5.74) is 7.79. The van der Waals surface area contributed by atoms with E-state index in [1.165, 1.54) is 26.0 Å². The molecule has 0 spiro atoms. The van der Waals surface area contributed by atoms with Crippen molar-refractivity contribution in [1.82, 2.24) is 20.8 Å². The summed E-state index contributed by atoms with van der Waals surface area (Å²) in [6, 6.07) is 4.77. The number of hydrogen-bond acceptors (Lipinski definition) is 7. The van der Waals surface area contributed by atoms with Gasteiger partial charge in [-0.3, -0.25) is 20.4 Å². The highest BCUT2D eigenvalue weighted by Crippen LogP contribution is 2.22. The summed E-state index contributed by atoms with van der Waals surface area (Å²) in [6.07, 6.45) is 2.61. The number of aromatic nitrogens is 2. The van der Waals surface area contributed by atoms with Gasteiger partial charge in [-0.05, 0) is 44.2 Å². The van der Waals surface area contributed by atoms with Crippen LogP contribution in [0.25, 0.3) is 0 Å². The van der Waals surface area contributed by atoms with Crippen molar-refractivity contribution < 1.29 is 19.1 Å². The Balaban J connectivity index is 1.93. The molecule has 2 amide bonds. The second-order valence-corrected chi connectivity index (χ2v) is 6.74. The number of thioether (sulfide) groups is 1. The van der Waals surface area contributed by atoms with Gasteiger partial charge in [0, 0.05) is 29.4 Å². The molecule has 0 aliphatic rings. The van der Waals surface area contributed by atoms with Gasteiger partial charge < -0.3 is 9.47 Å². The standard InChI is InChI=1S/C19H24N4O4S/c1-11-16(12(2)21-19(20-11)28-5)6-7-17(24)22-23-18(25)13-8-14(26-3)10-15(9-13)27-4/h8-10H,6-7H2,1-5H3,(H,22,24)(H,23,25). The van der Waals surface area contributed by atoms with E-state index in [1.807, 2.05) is 20.1 Å². The van der Waals surface area contributed by atoms with E-state index in [1.54, 1.807) is 18.2 Å². The Kier molecular flexibility index (Phi) is 7.62. The molecule has 2 rings (SSSR count). The lowest BCUT2D eigenvalue weighted by Crippen LogP contribution is -2.41. The molecular weight excluding hydrogens is 380 g/mol. The second-order valence-electron chi connectivity index (χ2n) is 5.96. The number of hydrazine groups is 1. The third-order valence-corrected chi connectivity index (χ3v) is 4.66. The summed E-state index contributed by atoms with van der Waals surface area (Å²) in [6.45, 7) is 3.80. The van der Waals surface area contributed by atoms with Crippen molar-refractivity contribution in [2.75, 3.05) is 20.5 Å². The Morgan fingerprint density at radius 1 is 1.00 bits per heavy atom. The van der Waals surface area contributed by atoms with Gasteiger partial charge >= 0.3 is 0 Å². The average Bonchev–Trinajstić information content (AvgIpc) is 2.70. The molecule has 150 valence electrons. The maximum absolute atomic E-state index is 12.3. The molecular formula is C19H24N4O4S. The number of carbonyl (C=O) groups excluding carboxylic acids is 2. The molecule has 0 aliphatic carbocycles. The van der Waals surface area contributed by atoms with E-state index in [4.69, 9.17) is 9.47 Å². The fourth-order valence-electron chi connectivity index (χ4n) is 2.60. The molecule has 0 atom stereocenters. The topological polar surface area (TPSA) is 102 Å². The first-order chi connectivity index (χ1) is 13.4. The molecule has 0 aliphatic heterocycles. The lowest BCUT2D eigenvalue weighted by Gasteiger charge is -2.11. The van der Waals surface area contributed by atoms with Crippen LogP contribution in [0.1, 0.15) is 33.7 Å². The highest BCUT2D eigenvalue weighted by atomic mass is 32.2. The molecule has 0 saturated carbocycles. The van der Waals surface area contributed by atoms with Crippen molar-refractivity contribution in [3.05, 3.63) is 40.7 Å². The maximum Gasteiger partial charge on any atom is 0.269 e. The summed E-state index contributed by atoms with van der Waals surface area (Å²) in [5, 5.41) is 0.712. The molecule has 0 saturated heterocycles. The molecule has 0 bridgehead atoms. The van der Waals surface area contributed by atoms with E-state index in [-0.39, 0.29) is 12.3 Å². The molecule has 2 aromatic rings. The largest absolute Gasteiger partial charge is 0.497 e. The smallest absolute Gasteiger partial charge is 0.269 e. The zero-order chi connectivity index (χ0) is 20.7. The SMILES string of the molecule is COc1cc(OC)cc(C(=O)NNC(=O)CCc2c(C)nc(SC)nc2C)c1. The summed E-state index contributed by atoms with van der Waals surface area (Å²) < 4.78 is 10.3. The number of methoxy groups -OCH3 is 2. The van der Waals surface area contributed by atoms with Gasteiger partial charge in [0.1, 0.15) is 11.5 Å². The van der Waals surface area contributed by atoms with Crippen molar-refractivity contribution in [1.29, 1.82) is 0 Å². The van der Waals surface area contributed by atoms with Crippen LogP contribution in [0, 0.1) is 13.8 Å². The second kappa shape index (κ2) is 9.93. The van der Waals surface area contributed by atoms with E-state index < -0.39 is 5.91 Å². The molecule has 1 aromatic carbocycles. The van der Waals surface area contributed by atoms with Crippen LogP contribution in [0.3, 0.4) is 0 Å². The van der Waals surface area contributed by atoms with Crippen molar-refractivity contribution in [2.45, 2.75) is 31.8 Å². The molecule has 0 unspecified atom stereocenters. The number of aryl methyl sites for hydroxylation is 2. The fraction of sp³-hybridized carbons (Fsp3) is 0.368. The van der Waals surface area contributed by atoms with Gasteiger partial charge in [-0.15, -0.1) is 0 Å². The van der Waals surface area contributed by atoms with Gasteiger partial charge in [-0.25, -0.2) is 9.97 Å². The highest BCUT2D eigenvalue weighted by molar-refractivity contribution is 7.98. The van der Waals surface area contributed by atoms with Crippen LogP contribution in [-0.2, 0) is 11.2 Å². The van der Waals surface area contributed by atoms with Crippen LogP contribution in [0.15, 0.2) is 23.4 Å². The number of benzene rings is 1. The summed E-state index contributed by atoms with van der Waals surface area (Å²) >= 11 is 1.48. The van der Waals surface area contributed by atoms with Crippen molar-refractivity contribution in [3.63, 3.8) is 0 Å². The molecule has 0 fully saturated rings. The number of amides is 2. The quantitative estimate of drug-likeness (QED) is 0.414. The predicted molar refractivity (Wildman–Crippen MR) is 107 cm³/mol. The number of ether oxygens (including phenoxy) is 2. The molecule has 1 aromatic heterocycles. The van der Waals surface area contributed by atoms with Crippen LogP contribution < -0.4 is 20.3 Å². The van der Waals surface area contributed by atoms with Gasteiger partial charge in [0.25, 0.3) is 5.91 Å².